The summed E-state index contributed by atoms with van der Waals surface area (Å²) in [5, 5.41) is 11.3. The summed E-state index contributed by atoms with van der Waals surface area (Å²) >= 11 is 0. The standard InChI is InChI=1S/C11H23N5O/c1-15(2)7-8-16(3)11(14-10-12)13-6-5-9-17-4/h5-9H2,1-4H3,(H,13,14). The van der Waals surface area contributed by atoms with Gasteiger partial charge in [0.05, 0.1) is 0 Å². The first-order chi connectivity index (χ1) is 8.11. The zero-order valence-electron chi connectivity index (χ0n) is 11.2. The maximum Gasteiger partial charge on any atom is 0.207 e. The SMILES string of the molecule is COCCCN=C(NC#N)N(C)CCN(C)C. The summed E-state index contributed by atoms with van der Waals surface area (Å²) in [4.78, 5) is 8.37. The monoisotopic (exact) mass is 241 g/mol. The highest BCUT2D eigenvalue weighted by molar-refractivity contribution is 5.81. The number of hydrogen-bond acceptors (Lipinski definition) is 4. The predicted molar refractivity (Wildman–Crippen MR) is 68.7 cm³/mol. The summed E-state index contributed by atoms with van der Waals surface area (Å²) in [6.45, 7) is 3.08. The van der Waals surface area contributed by atoms with Crippen LogP contribution in [0.15, 0.2) is 4.99 Å². The van der Waals surface area contributed by atoms with Gasteiger partial charge in [-0.15, -0.1) is 0 Å². The molecular formula is C11H23N5O. The Morgan fingerprint density at radius 2 is 2.06 bits per heavy atom. The molecule has 0 atom stereocenters. The molecule has 0 fully saturated rings. The van der Waals surface area contributed by atoms with E-state index < -0.39 is 0 Å². The zero-order valence-corrected chi connectivity index (χ0v) is 11.2. The van der Waals surface area contributed by atoms with Crippen LogP contribution in [0.3, 0.4) is 0 Å². The van der Waals surface area contributed by atoms with E-state index in [1.165, 1.54) is 0 Å². The smallest absolute Gasteiger partial charge is 0.207 e. The van der Waals surface area contributed by atoms with Gasteiger partial charge in [0.15, 0.2) is 6.19 Å². The van der Waals surface area contributed by atoms with E-state index in [-0.39, 0.29) is 0 Å². The summed E-state index contributed by atoms with van der Waals surface area (Å²) in [7, 11) is 7.62. The molecule has 0 aromatic heterocycles. The molecule has 0 rings (SSSR count). The van der Waals surface area contributed by atoms with Gasteiger partial charge in [-0.3, -0.25) is 10.3 Å². The molecule has 17 heavy (non-hydrogen) atoms. The Morgan fingerprint density at radius 3 is 2.59 bits per heavy atom. The van der Waals surface area contributed by atoms with E-state index in [1.54, 1.807) is 7.11 Å². The van der Waals surface area contributed by atoms with Crippen LogP contribution in [-0.4, -0.2) is 70.3 Å². The lowest BCUT2D eigenvalue weighted by Gasteiger charge is -2.21. The quantitative estimate of drug-likeness (QED) is 0.222. The lowest BCUT2D eigenvalue weighted by Crippen LogP contribution is -2.40. The van der Waals surface area contributed by atoms with Gasteiger partial charge in [0.2, 0.25) is 5.96 Å². The number of rotatable bonds is 7. The second-order valence-electron chi connectivity index (χ2n) is 4.01. The Morgan fingerprint density at radius 1 is 1.35 bits per heavy atom. The number of nitriles is 1. The summed E-state index contributed by atoms with van der Waals surface area (Å²) < 4.78 is 4.95. The van der Waals surface area contributed by atoms with Crippen LogP contribution in [0.1, 0.15) is 6.42 Å². The number of methoxy groups -OCH3 is 1. The van der Waals surface area contributed by atoms with Crippen molar-refractivity contribution in [2.24, 2.45) is 4.99 Å². The summed E-state index contributed by atoms with van der Waals surface area (Å²) in [5.74, 6) is 0.616. The van der Waals surface area contributed by atoms with Gasteiger partial charge in [-0.1, -0.05) is 0 Å². The summed E-state index contributed by atoms with van der Waals surface area (Å²) in [6.07, 6.45) is 2.77. The van der Waals surface area contributed by atoms with Crippen molar-refractivity contribution in [1.29, 1.82) is 5.26 Å². The van der Waals surface area contributed by atoms with Crippen molar-refractivity contribution in [1.82, 2.24) is 15.1 Å². The van der Waals surface area contributed by atoms with Crippen molar-refractivity contribution in [2.75, 3.05) is 54.5 Å². The van der Waals surface area contributed by atoms with Crippen molar-refractivity contribution >= 4 is 5.96 Å². The molecule has 0 saturated carbocycles. The van der Waals surface area contributed by atoms with E-state index in [0.717, 1.165) is 19.5 Å². The lowest BCUT2D eigenvalue weighted by atomic mass is 10.4. The van der Waals surface area contributed by atoms with Crippen LogP contribution in [0.25, 0.3) is 0 Å². The maximum atomic E-state index is 8.66. The maximum absolute atomic E-state index is 8.66. The topological polar surface area (TPSA) is 63.9 Å². The van der Waals surface area contributed by atoms with Gasteiger partial charge in [-0.05, 0) is 20.5 Å². The number of nitrogens with zero attached hydrogens (tertiary/aromatic N) is 4. The molecule has 98 valence electrons. The van der Waals surface area contributed by atoms with Gasteiger partial charge in [-0.25, -0.2) is 0 Å². The average molecular weight is 241 g/mol. The molecule has 0 heterocycles. The van der Waals surface area contributed by atoms with Crippen molar-refractivity contribution in [3.8, 4) is 6.19 Å². The van der Waals surface area contributed by atoms with E-state index in [9.17, 15) is 0 Å². The second-order valence-corrected chi connectivity index (χ2v) is 4.01. The number of likely N-dealkylation sites (N-methyl/N-ethyl adjacent to an activating group) is 2. The van der Waals surface area contributed by atoms with Gasteiger partial charge < -0.3 is 14.5 Å². The zero-order chi connectivity index (χ0) is 13.1. The Kier molecular flexibility index (Phi) is 9.11. The third-order valence-electron chi connectivity index (χ3n) is 2.18. The molecule has 0 unspecified atom stereocenters. The molecule has 0 aliphatic carbocycles. The number of hydrogen-bond donors (Lipinski definition) is 1. The number of guanidine groups is 1. The predicted octanol–water partition coefficient (Wildman–Crippen LogP) is -0.0570. The second kappa shape index (κ2) is 9.87. The number of nitrogens with one attached hydrogen (secondary N) is 1. The van der Waals surface area contributed by atoms with Crippen LogP contribution in [-0.2, 0) is 4.74 Å². The minimum Gasteiger partial charge on any atom is -0.385 e. The lowest BCUT2D eigenvalue weighted by molar-refractivity contribution is 0.197. The Labute approximate surface area is 104 Å². The summed E-state index contributed by atoms with van der Waals surface area (Å²) in [6, 6.07) is 0. The van der Waals surface area contributed by atoms with Crippen LogP contribution in [0.2, 0.25) is 0 Å². The minimum atomic E-state index is 0.616. The number of ether oxygens (including phenoxy) is 1. The third-order valence-corrected chi connectivity index (χ3v) is 2.18. The molecule has 6 heteroatoms. The molecule has 0 bridgehead atoms. The van der Waals surface area contributed by atoms with E-state index in [0.29, 0.717) is 19.1 Å². The van der Waals surface area contributed by atoms with Gasteiger partial charge >= 0.3 is 0 Å². The Balaban J connectivity index is 4.15. The van der Waals surface area contributed by atoms with Crippen LogP contribution < -0.4 is 5.32 Å². The highest BCUT2D eigenvalue weighted by Gasteiger charge is 2.05. The first-order valence-electron chi connectivity index (χ1n) is 5.66. The van der Waals surface area contributed by atoms with Crippen LogP contribution in [0, 0.1) is 11.5 Å². The van der Waals surface area contributed by atoms with E-state index >= 15 is 0 Å². The van der Waals surface area contributed by atoms with E-state index in [4.69, 9.17) is 10.00 Å². The molecule has 0 saturated heterocycles. The molecule has 0 spiro atoms. The van der Waals surface area contributed by atoms with Crippen molar-refractivity contribution in [3.63, 3.8) is 0 Å². The Bertz CT molecular complexity index is 259. The normalized spacial score (nSPS) is 11.4. The molecule has 0 aromatic rings. The van der Waals surface area contributed by atoms with Crippen LogP contribution in [0.4, 0.5) is 0 Å². The first-order valence-corrected chi connectivity index (χ1v) is 5.66. The fraction of sp³-hybridized carbons (Fsp3) is 0.818. The molecule has 0 amide bonds. The van der Waals surface area contributed by atoms with E-state index in [1.807, 2.05) is 32.2 Å². The Hall–Kier alpha value is -1.32. The van der Waals surface area contributed by atoms with Crippen LogP contribution >= 0.6 is 0 Å². The van der Waals surface area contributed by atoms with Gasteiger partial charge in [0.25, 0.3) is 0 Å². The number of aliphatic imine (C=N–C) groups is 1. The van der Waals surface area contributed by atoms with Crippen molar-refractivity contribution in [3.05, 3.63) is 0 Å². The molecule has 0 aromatic carbocycles. The molecule has 0 radical (unpaired) electrons. The van der Waals surface area contributed by atoms with E-state index in [2.05, 4.69) is 15.2 Å². The molecule has 0 aliphatic rings. The summed E-state index contributed by atoms with van der Waals surface area (Å²) in [5.41, 5.74) is 0. The minimum absolute atomic E-state index is 0.616. The van der Waals surface area contributed by atoms with Gasteiger partial charge in [0.1, 0.15) is 0 Å². The largest absolute Gasteiger partial charge is 0.385 e. The van der Waals surface area contributed by atoms with Gasteiger partial charge in [0, 0.05) is 40.4 Å². The third kappa shape index (κ3) is 8.48. The molecule has 6 nitrogen and oxygen atoms in total. The highest BCUT2D eigenvalue weighted by atomic mass is 16.5. The average Bonchev–Trinajstić information content (AvgIpc) is 2.30. The fourth-order valence-electron chi connectivity index (χ4n) is 1.16. The molecular weight excluding hydrogens is 218 g/mol. The first kappa shape index (κ1) is 15.7. The molecule has 0 aliphatic heterocycles. The van der Waals surface area contributed by atoms with Crippen molar-refractivity contribution < 1.29 is 4.74 Å². The van der Waals surface area contributed by atoms with Gasteiger partial charge in [-0.2, -0.15) is 5.26 Å². The fourth-order valence-corrected chi connectivity index (χ4v) is 1.16. The van der Waals surface area contributed by atoms with Crippen molar-refractivity contribution in [2.45, 2.75) is 6.42 Å². The highest BCUT2D eigenvalue weighted by Crippen LogP contribution is 1.89. The van der Waals surface area contributed by atoms with Crippen LogP contribution in [0.5, 0.6) is 0 Å². The molecule has 1 N–H and O–H groups in total.